The molecule has 1 aliphatic rings. The maximum atomic E-state index is 12.6. The summed E-state index contributed by atoms with van der Waals surface area (Å²) >= 11 is 1.60. The molecule has 1 saturated heterocycles. The molecular formula is C23H29N5OS. The van der Waals surface area contributed by atoms with Crippen molar-refractivity contribution in [2.75, 3.05) is 32.6 Å². The van der Waals surface area contributed by atoms with E-state index < -0.39 is 0 Å². The van der Waals surface area contributed by atoms with E-state index >= 15 is 0 Å². The molecule has 30 heavy (non-hydrogen) atoms. The van der Waals surface area contributed by atoms with Gasteiger partial charge < -0.3 is 10.2 Å². The Kier molecular flexibility index (Phi) is 6.29. The molecular weight excluding hydrogens is 394 g/mol. The monoisotopic (exact) mass is 423 g/mol. The summed E-state index contributed by atoms with van der Waals surface area (Å²) in [7, 11) is 5.61. The van der Waals surface area contributed by atoms with Gasteiger partial charge in [0.2, 0.25) is 5.95 Å². The van der Waals surface area contributed by atoms with E-state index in [0.29, 0.717) is 6.04 Å². The van der Waals surface area contributed by atoms with Gasteiger partial charge in [-0.1, -0.05) is 24.6 Å². The third kappa shape index (κ3) is 4.32. The minimum atomic E-state index is 0.0150. The summed E-state index contributed by atoms with van der Waals surface area (Å²) in [4.78, 5) is 26.8. The molecule has 3 heterocycles. The van der Waals surface area contributed by atoms with Crippen molar-refractivity contribution in [2.45, 2.75) is 38.3 Å². The van der Waals surface area contributed by atoms with Crippen LogP contribution in [0.25, 0.3) is 10.1 Å². The van der Waals surface area contributed by atoms with Gasteiger partial charge in [-0.3, -0.25) is 9.69 Å². The Morgan fingerprint density at radius 3 is 2.73 bits per heavy atom. The number of hydrogen-bond donors (Lipinski definition) is 1. The van der Waals surface area contributed by atoms with Crippen molar-refractivity contribution in [1.82, 2.24) is 20.2 Å². The Hall–Kier alpha value is -2.51. The number of anilines is 1. The standard InChI is InChI=1S/C23H29N5OS/c1-24-22(29)21-19(18-9-4-5-10-20(18)30-21)12-17-8-6-7-11-28(17)15-16-13-25-23(26-14-16)27(2)3/h4-5,9-10,13-14,17H,6-8,11-12,15H2,1-3H3,(H,24,29)/t17-/m1/s1. The number of amides is 1. The molecule has 0 radical (unpaired) electrons. The predicted molar refractivity (Wildman–Crippen MR) is 123 cm³/mol. The lowest BCUT2D eigenvalue weighted by Crippen LogP contribution is -2.40. The van der Waals surface area contributed by atoms with Gasteiger partial charge in [0.15, 0.2) is 0 Å². The first-order valence-corrected chi connectivity index (χ1v) is 11.3. The number of piperidine rings is 1. The second-order valence-electron chi connectivity index (χ2n) is 8.09. The lowest BCUT2D eigenvalue weighted by molar-refractivity contribution is 0.0964. The van der Waals surface area contributed by atoms with E-state index in [1.807, 2.05) is 37.5 Å². The Bertz CT molecular complexity index is 1010. The van der Waals surface area contributed by atoms with Crippen LogP contribution in [0.1, 0.15) is 40.1 Å². The Morgan fingerprint density at radius 1 is 1.23 bits per heavy atom. The number of thiophene rings is 1. The number of nitrogens with one attached hydrogen (secondary N) is 1. The quantitative estimate of drug-likeness (QED) is 0.655. The number of likely N-dealkylation sites (tertiary alicyclic amines) is 1. The number of aromatic nitrogens is 2. The van der Waals surface area contributed by atoms with Crippen molar-refractivity contribution in [3.63, 3.8) is 0 Å². The van der Waals surface area contributed by atoms with Gasteiger partial charge in [0, 0.05) is 56.4 Å². The average Bonchev–Trinajstić information content (AvgIpc) is 3.13. The van der Waals surface area contributed by atoms with Gasteiger partial charge in [-0.15, -0.1) is 11.3 Å². The second-order valence-corrected chi connectivity index (χ2v) is 9.15. The second kappa shape index (κ2) is 9.10. The molecule has 158 valence electrons. The Morgan fingerprint density at radius 2 is 2.00 bits per heavy atom. The molecule has 0 saturated carbocycles. The van der Waals surface area contributed by atoms with Gasteiger partial charge in [-0.25, -0.2) is 9.97 Å². The van der Waals surface area contributed by atoms with Crippen LogP contribution >= 0.6 is 11.3 Å². The van der Waals surface area contributed by atoms with E-state index in [-0.39, 0.29) is 5.91 Å². The van der Waals surface area contributed by atoms with Gasteiger partial charge in [0.1, 0.15) is 0 Å². The molecule has 6 nitrogen and oxygen atoms in total. The van der Waals surface area contributed by atoms with Crippen LogP contribution in [0, 0.1) is 0 Å². The highest BCUT2D eigenvalue weighted by Gasteiger charge is 2.27. The maximum absolute atomic E-state index is 12.6. The lowest BCUT2D eigenvalue weighted by atomic mass is 9.93. The zero-order valence-corrected chi connectivity index (χ0v) is 18.7. The van der Waals surface area contributed by atoms with Gasteiger partial charge in [-0.2, -0.15) is 0 Å². The van der Waals surface area contributed by atoms with Crippen LogP contribution in [0.2, 0.25) is 0 Å². The fourth-order valence-electron chi connectivity index (χ4n) is 4.23. The predicted octanol–water partition coefficient (Wildman–Crippen LogP) is 3.71. The SMILES string of the molecule is CNC(=O)c1sc2ccccc2c1C[C@H]1CCCCN1Cc1cnc(N(C)C)nc1. The first kappa shape index (κ1) is 20.8. The third-order valence-electron chi connectivity index (χ3n) is 5.80. The zero-order chi connectivity index (χ0) is 21.1. The Balaban J connectivity index is 1.59. The molecule has 0 spiro atoms. The van der Waals surface area contributed by atoms with Crippen LogP contribution in [-0.4, -0.2) is 54.5 Å². The number of fused-ring (bicyclic) bond motifs is 1. The molecule has 7 heteroatoms. The smallest absolute Gasteiger partial charge is 0.261 e. The van der Waals surface area contributed by atoms with Crippen LogP contribution < -0.4 is 10.2 Å². The number of hydrogen-bond acceptors (Lipinski definition) is 6. The third-order valence-corrected chi connectivity index (χ3v) is 7.01. The Labute approximate surface area is 181 Å². The number of benzene rings is 1. The highest BCUT2D eigenvalue weighted by atomic mass is 32.1. The topological polar surface area (TPSA) is 61.4 Å². The van der Waals surface area contributed by atoms with Crippen LogP contribution in [0.3, 0.4) is 0 Å². The summed E-state index contributed by atoms with van der Waals surface area (Å²) in [6, 6.07) is 8.77. The summed E-state index contributed by atoms with van der Waals surface area (Å²) < 4.78 is 1.18. The lowest BCUT2D eigenvalue weighted by Gasteiger charge is -2.36. The van der Waals surface area contributed by atoms with E-state index in [1.54, 1.807) is 18.4 Å². The summed E-state index contributed by atoms with van der Waals surface area (Å²) in [6.45, 7) is 1.91. The van der Waals surface area contributed by atoms with Gasteiger partial charge >= 0.3 is 0 Å². The van der Waals surface area contributed by atoms with Crippen molar-refractivity contribution in [2.24, 2.45) is 0 Å². The van der Waals surface area contributed by atoms with Crippen LogP contribution in [0.5, 0.6) is 0 Å². The van der Waals surface area contributed by atoms with Gasteiger partial charge in [0.25, 0.3) is 5.91 Å². The first-order chi connectivity index (χ1) is 14.6. The minimum Gasteiger partial charge on any atom is -0.354 e. The van der Waals surface area contributed by atoms with E-state index in [4.69, 9.17) is 0 Å². The van der Waals surface area contributed by atoms with Crippen molar-refractivity contribution in [3.05, 3.63) is 52.7 Å². The molecule has 1 aromatic carbocycles. The molecule has 1 fully saturated rings. The van der Waals surface area contributed by atoms with Crippen molar-refractivity contribution in [1.29, 1.82) is 0 Å². The van der Waals surface area contributed by atoms with E-state index in [9.17, 15) is 4.79 Å². The fraction of sp³-hybridized carbons (Fsp3) is 0.435. The number of carbonyl (C=O) groups excluding carboxylic acids is 1. The number of carbonyl (C=O) groups is 1. The first-order valence-electron chi connectivity index (χ1n) is 10.5. The zero-order valence-electron chi connectivity index (χ0n) is 17.9. The summed E-state index contributed by atoms with van der Waals surface area (Å²) in [5.74, 6) is 0.746. The van der Waals surface area contributed by atoms with Crippen molar-refractivity contribution < 1.29 is 4.79 Å². The molecule has 0 unspecified atom stereocenters. The van der Waals surface area contributed by atoms with Crippen LogP contribution in [-0.2, 0) is 13.0 Å². The normalized spacial score (nSPS) is 17.2. The van der Waals surface area contributed by atoms with E-state index in [0.717, 1.165) is 42.3 Å². The van der Waals surface area contributed by atoms with E-state index in [2.05, 4.69) is 38.4 Å². The number of rotatable bonds is 6. The molecule has 0 aliphatic carbocycles. The van der Waals surface area contributed by atoms with Gasteiger partial charge in [-0.05, 0) is 42.8 Å². The van der Waals surface area contributed by atoms with E-state index in [1.165, 1.54) is 28.5 Å². The van der Waals surface area contributed by atoms with Crippen molar-refractivity contribution >= 4 is 33.3 Å². The van der Waals surface area contributed by atoms with Crippen molar-refractivity contribution in [3.8, 4) is 0 Å². The molecule has 0 bridgehead atoms. The highest BCUT2D eigenvalue weighted by Crippen LogP contribution is 2.34. The minimum absolute atomic E-state index is 0.0150. The number of nitrogens with zero attached hydrogens (tertiary/aromatic N) is 4. The highest BCUT2D eigenvalue weighted by molar-refractivity contribution is 7.21. The summed E-state index contributed by atoms with van der Waals surface area (Å²) in [6.07, 6.45) is 8.35. The molecule has 1 N–H and O–H groups in total. The van der Waals surface area contributed by atoms with Gasteiger partial charge in [0.05, 0.1) is 4.88 Å². The maximum Gasteiger partial charge on any atom is 0.261 e. The summed E-state index contributed by atoms with van der Waals surface area (Å²) in [5, 5.41) is 4.04. The average molecular weight is 424 g/mol. The van der Waals surface area contributed by atoms with Crippen LogP contribution in [0.4, 0.5) is 5.95 Å². The molecule has 1 aliphatic heterocycles. The molecule has 1 atom stereocenters. The summed E-state index contributed by atoms with van der Waals surface area (Å²) in [5.41, 5.74) is 2.32. The molecule has 1 amide bonds. The fourth-order valence-corrected chi connectivity index (χ4v) is 5.41. The largest absolute Gasteiger partial charge is 0.354 e. The molecule has 3 aromatic rings. The molecule has 4 rings (SSSR count). The van der Waals surface area contributed by atoms with Crippen LogP contribution in [0.15, 0.2) is 36.7 Å². The molecule has 2 aromatic heterocycles.